The average molecular weight is 503 g/mol. The van der Waals surface area contributed by atoms with Gasteiger partial charge in [0.2, 0.25) is 0 Å². The van der Waals surface area contributed by atoms with Crippen LogP contribution in [0.15, 0.2) is 67.0 Å². The minimum atomic E-state index is -0.995. The second-order valence-electron chi connectivity index (χ2n) is 10.4. The Morgan fingerprint density at radius 2 is 1.89 bits per heavy atom. The molecule has 1 amide bonds. The van der Waals surface area contributed by atoms with E-state index in [1.807, 2.05) is 45.9 Å². The molecular weight excluding hydrogens is 464 g/mol. The summed E-state index contributed by atoms with van der Waals surface area (Å²) in [6, 6.07) is 20.3. The van der Waals surface area contributed by atoms with Gasteiger partial charge < -0.3 is 24.6 Å². The summed E-state index contributed by atoms with van der Waals surface area (Å²) in [7, 11) is 1.63. The molecule has 2 fully saturated rings. The summed E-state index contributed by atoms with van der Waals surface area (Å²) in [6.07, 6.45) is 7.03. The van der Waals surface area contributed by atoms with Crippen LogP contribution in [0.2, 0.25) is 0 Å². The van der Waals surface area contributed by atoms with E-state index in [1.165, 1.54) is 5.56 Å². The van der Waals surface area contributed by atoms with Crippen molar-refractivity contribution in [3.8, 4) is 11.3 Å². The Balaban J connectivity index is 1.48. The summed E-state index contributed by atoms with van der Waals surface area (Å²) in [5.41, 5.74) is 2.47. The molecule has 5 rings (SSSR count). The molecule has 1 aromatic heterocycles. The zero-order valence-electron chi connectivity index (χ0n) is 21.7. The van der Waals surface area contributed by atoms with Gasteiger partial charge >= 0.3 is 0 Å². The van der Waals surface area contributed by atoms with Gasteiger partial charge in [-0.1, -0.05) is 73.5 Å². The van der Waals surface area contributed by atoms with Crippen LogP contribution in [-0.4, -0.2) is 70.5 Å². The number of aromatic nitrogens is 2. The standard InChI is InChI=1S/C30H38N4O3/c1-37-21-30(36)17-9-8-14-26(30)34-22-32-27(28(34)24-12-6-3-7-13-24)29(35)33-19-18-31-20-25(33)16-15-23-10-4-2-5-11-23/h2-7,10-13,22,25-26,31,36H,8-9,14-21H2,1H3/t25-,26-,30-/m1/s1. The van der Waals surface area contributed by atoms with Crippen molar-refractivity contribution >= 4 is 5.91 Å². The van der Waals surface area contributed by atoms with Crippen molar-refractivity contribution in [2.45, 2.75) is 56.2 Å². The fraction of sp³-hybridized carbons (Fsp3) is 0.467. The SMILES string of the molecule is COC[C@]1(O)CCCC[C@H]1n1cnc(C(=O)N2CCNC[C@H]2CCc2ccccc2)c1-c1ccccc1. The van der Waals surface area contributed by atoms with Crippen LogP contribution in [0.1, 0.15) is 54.2 Å². The molecule has 2 heterocycles. The summed E-state index contributed by atoms with van der Waals surface area (Å²) in [5.74, 6) is -0.0387. The van der Waals surface area contributed by atoms with Crippen LogP contribution < -0.4 is 5.32 Å². The van der Waals surface area contributed by atoms with Crippen molar-refractivity contribution in [2.24, 2.45) is 0 Å². The highest BCUT2D eigenvalue weighted by Crippen LogP contribution is 2.41. The third-order valence-electron chi connectivity index (χ3n) is 7.95. The molecule has 1 saturated heterocycles. The number of aryl methyl sites for hydroxylation is 1. The second kappa shape index (κ2) is 11.6. The summed E-state index contributed by atoms with van der Waals surface area (Å²) in [5, 5.41) is 15.1. The Bertz CT molecular complexity index is 1160. The van der Waals surface area contributed by atoms with Gasteiger partial charge in [-0.25, -0.2) is 4.98 Å². The smallest absolute Gasteiger partial charge is 0.275 e. The molecule has 2 aromatic carbocycles. The average Bonchev–Trinajstić information content (AvgIpc) is 3.38. The number of methoxy groups -OCH3 is 1. The lowest BCUT2D eigenvalue weighted by Crippen LogP contribution is -2.54. The summed E-state index contributed by atoms with van der Waals surface area (Å²) < 4.78 is 7.49. The summed E-state index contributed by atoms with van der Waals surface area (Å²) in [4.78, 5) is 20.9. The van der Waals surface area contributed by atoms with Crippen LogP contribution in [0.4, 0.5) is 0 Å². The molecule has 37 heavy (non-hydrogen) atoms. The van der Waals surface area contributed by atoms with Gasteiger partial charge in [-0.3, -0.25) is 4.79 Å². The maximum atomic E-state index is 14.1. The Hall–Kier alpha value is -3.00. The maximum Gasteiger partial charge on any atom is 0.275 e. The number of nitrogens with one attached hydrogen (secondary N) is 1. The van der Waals surface area contributed by atoms with Gasteiger partial charge in [-0.2, -0.15) is 0 Å². The molecule has 0 unspecified atom stereocenters. The first-order valence-electron chi connectivity index (χ1n) is 13.5. The largest absolute Gasteiger partial charge is 0.385 e. The molecule has 196 valence electrons. The van der Waals surface area contributed by atoms with Gasteiger partial charge in [0, 0.05) is 38.3 Å². The zero-order valence-corrected chi connectivity index (χ0v) is 21.7. The number of carbonyl (C=O) groups is 1. The Morgan fingerprint density at radius 3 is 2.65 bits per heavy atom. The van der Waals surface area contributed by atoms with Gasteiger partial charge in [0.1, 0.15) is 5.60 Å². The Kier molecular flexibility index (Phi) is 8.03. The molecule has 0 radical (unpaired) electrons. The fourth-order valence-electron chi connectivity index (χ4n) is 6.06. The highest BCUT2D eigenvalue weighted by Gasteiger charge is 2.42. The predicted molar refractivity (Wildman–Crippen MR) is 144 cm³/mol. The number of hydrogen-bond acceptors (Lipinski definition) is 5. The topological polar surface area (TPSA) is 79.6 Å². The number of benzene rings is 2. The van der Waals surface area contributed by atoms with Crippen molar-refractivity contribution in [1.29, 1.82) is 0 Å². The number of piperazine rings is 1. The number of rotatable bonds is 8. The number of amides is 1. The van der Waals surface area contributed by atoms with Crippen molar-refractivity contribution in [2.75, 3.05) is 33.4 Å². The van der Waals surface area contributed by atoms with Gasteiger partial charge in [0.15, 0.2) is 5.69 Å². The van der Waals surface area contributed by atoms with E-state index in [-0.39, 0.29) is 24.6 Å². The van der Waals surface area contributed by atoms with Gasteiger partial charge in [-0.15, -0.1) is 0 Å². The first-order chi connectivity index (χ1) is 18.1. The van der Waals surface area contributed by atoms with Crippen LogP contribution in [0.5, 0.6) is 0 Å². The number of aliphatic hydroxyl groups is 1. The molecule has 2 N–H and O–H groups in total. The van der Waals surface area contributed by atoms with E-state index in [0.717, 1.165) is 56.5 Å². The van der Waals surface area contributed by atoms with Crippen LogP contribution in [0.3, 0.4) is 0 Å². The molecule has 7 nitrogen and oxygen atoms in total. The summed E-state index contributed by atoms with van der Waals surface area (Å²) in [6.45, 7) is 2.45. The molecule has 1 saturated carbocycles. The van der Waals surface area contributed by atoms with Gasteiger partial charge in [-0.05, 0) is 31.2 Å². The second-order valence-corrected chi connectivity index (χ2v) is 10.4. The van der Waals surface area contributed by atoms with Crippen LogP contribution in [0, 0.1) is 0 Å². The van der Waals surface area contributed by atoms with Crippen LogP contribution in [-0.2, 0) is 11.2 Å². The minimum Gasteiger partial charge on any atom is -0.385 e. The number of hydrogen-bond donors (Lipinski definition) is 2. The predicted octanol–water partition coefficient (Wildman–Crippen LogP) is 4.09. The molecule has 1 aliphatic carbocycles. The van der Waals surface area contributed by atoms with E-state index >= 15 is 0 Å². The first-order valence-corrected chi connectivity index (χ1v) is 13.5. The molecule has 1 aliphatic heterocycles. The monoisotopic (exact) mass is 502 g/mol. The highest BCUT2D eigenvalue weighted by atomic mass is 16.5. The van der Waals surface area contributed by atoms with Gasteiger partial charge in [0.25, 0.3) is 5.91 Å². The van der Waals surface area contributed by atoms with Crippen molar-refractivity contribution in [3.63, 3.8) is 0 Å². The van der Waals surface area contributed by atoms with E-state index in [0.29, 0.717) is 18.7 Å². The van der Waals surface area contributed by atoms with E-state index in [2.05, 4.69) is 29.6 Å². The molecule has 7 heteroatoms. The highest BCUT2D eigenvalue weighted by molar-refractivity contribution is 5.98. The van der Waals surface area contributed by atoms with Gasteiger partial charge in [0.05, 0.1) is 24.7 Å². The molecule has 3 atom stereocenters. The molecule has 0 spiro atoms. The van der Waals surface area contributed by atoms with Crippen LogP contribution >= 0.6 is 0 Å². The lowest BCUT2D eigenvalue weighted by Gasteiger charge is -2.41. The fourth-order valence-corrected chi connectivity index (χ4v) is 6.06. The Morgan fingerprint density at radius 1 is 1.14 bits per heavy atom. The van der Waals surface area contributed by atoms with Crippen molar-refractivity contribution < 1.29 is 14.6 Å². The van der Waals surface area contributed by atoms with Crippen molar-refractivity contribution in [1.82, 2.24) is 19.8 Å². The van der Waals surface area contributed by atoms with E-state index in [1.54, 1.807) is 13.4 Å². The lowest BCUT2D eigenvalue weighted by molar-refractivity contribution is -0.0893. The summed E-state index contributed by atoms with van der Waals surface area (Å²) >= 11 is 0. The zero-order chi connectivity index (χ0) is 25.7. The third kappa shape index (κ3) is 5.49. The first kappa shape index (κ1) is 25.6. The Labute approximate surface area is 219 Å². The molecule has 2 aliphatic rings. The molecule has 3 aromatic rings. The van der Waals surface area contributed by atoms with Crippen LogP contribution in [0.25, 0.3) is 11.3 Å². The quantitative estimate of drug-likeness (QED) is 0.485. The number of nitrogens with zero attached hydrogens (tertiary/aromatic N) is 3. The maximum absolute atomic E-state index is 14.1. The number of ether oxygens (including phenoxy) is 1. The minimum absolute atomic E-state index is 0.0387. The number of carbonyl (C=O) groups excluding carboxylic acids is 1. The van der Waals surface area contributed by atoms with Crippen molar-refractivity contribution in [3.05, 3.63) is 78.2 Å². The normalized spacial score (nSPS) is 24.2. The molecule has 0 bridgehead atoms. The third-order valence-corrected chi connectivity index (χ3v) is 7.95. The van der Waals surface area contributed by atoms with E-state index in [4.69, 9.17) is 9.72 Å². The van der Waals surface area contributed by atoms with E-state index in [9.17, 15) is 9.90 Å². The van der Waals surface area contributed by atoms with E-state index < -0.39 is 5.60 Å². The number of imidazole rings is 1. The lowest BCUT2D eigenvalue weighted by atomic mass is 9.80. The molecular formula is C30H38N4O3.